The van der Waals surface area contributed by atoms with Gasteiger partial charge in [0.25, 0.3) is 0 Å². The molecule has 2 heterocycles. The number of anilines is 3. The highest BCUT2D eigenvalue weighted by molar-refractivity contribution is 6.11. The number of furan rings is 2. The van der Waals surface area contributed by atoms with Gasteiger partial charge < -0.3 is 13.7 Å². The average Bonchev–Trinajstić information content (AvgIpc) is 3.82. The molecule has 0 aliphatic rings. The summed E-state index contributed by atoms with van der Waals surface area (Å²) in [4.78, 5) is 2.37. The van der Waals surface area contributed by atoms with Crippen LogP contribution in [0.2, 0.25) is 0 Å². The van der Waals surface area contributed by atoms with Crippen molar-refractivity contribution in [3.63, 3.8) is 0 Å². The van der Waals surface area contributed by atoms with E-state index in [2.05, 4.69) is 181 Å². The monoisotopic (exact) mass is 703 g/mol. The van der Waals surface area contributed by atoms with Gasteiger partial charge in [-0.25, -0.2) is 0 Å². The predicted octanol–water partition coefficient (Wildman–Crippen LogP) is 15.1. The van der Waals surface area contributed by atoms with E-state index >= 15 is 0 Å². The van der Waals surface area contributed by atoms with E-state index in [1.165, 1.54) is 16.3 Å². The van der Waals surface area contributed by atoms with Crippen LogP contribution in [0, 0.1) is 0 Å². The van der Waals surface area contributed by atoms with Crippen molar-refractivity contribution in [2.24, 2.45) is 0 Å². The van der Waals surface area contributed by atoms with Gasteiger partial charge in [0.2, 0.25) is 0 Å². The summed E-state index contributed by atoms with van der Waals surface area (Å²) in [6, 6.07) is 71.0. The SMILES string of the molecule is c1cc(-c2cccc3ccccc23)cc(N(c2ccc(-c3ccc4c(c3)oc3ccccc34)cc2)c2ccccc2-c2cccc3c2oc2ccccc23)c1. The molecule has 9 aromatic carbocycles. The van der Waals surface area contributed by atoms with E-state index in [9.17, 15) is 0 Å². The Balaban J connectivity index is 1.08. The van der Waals surface area contributed by atoms with Crippen molar-refractivity contribution in [3.05, 3.63) is 200 Å². The van der Waals surface area contributed by atoms with Crippen LogP contribution in [-0.2, 0) is 0 Å². The first kappa shape index (κ1) is 31.2. The van der Waals surface area contributed by atoms with E-state index in [1.807, 2.05) is 24.3 Å². The smallest absolute Gasteiger partial charge is 0.143 e. The normalized spacial score (nSPS) is 11.6. The summed E-state index contributed by atoms with van der Waals surface area (Å²) < 4.78 is 12.8. The zero-order chi connectivity index (χ0) is 36.3. The molecule has 0 saturated carbocycles. The molecule has 0 amide bonds. The highest BCUT2D eigenvalue weighted by Crippen LogP contribution is 2.45. The summed E-state index contributed by atoms with van der Waals surface area (Å²) >= 11 is 0. The summed E-state index contributed by atoms with van der Waals surface area (Å²) in [7, 11) is 0. The molecule has 0 fully saturated rings. The maximum atomic E-state index is 6.59. The Kier molecular flexibility index (Phi) is 7.17. The standard InChI is InChI=1S/C52H33NO2/c1-2-16-40-35(12-1)13-10-20-41(40)37-14-9-15-39(32-37)53(38-29-26-34(27-30-38)36-28-31-45-43-18-4-7-24-49(43)54-51(45)33-36)48-23-6-3-17-42(48)46-21-11-22-47-44-19-5-8-25-50(44)55-52(46)47/h1-33H. The topological polar surface area (TPSA) is 29.5 Å². The highest BCUT2D eigenvalue weighted by Gasteiger charge is 2.21. The van der Waals surface area contributed by atoms with Gasteiger partial charge in [-0.1, -0.05) is 146 Å². The van der Waals surface area contributed by atoms with Crippen LogP contribution in [0.3, 0.4) is 0 Å². The van der Waals surface area contributed by atoms with Crippen LogP contribution in [-0.4, -0.2) is 0 Å². The first-order valence-corrected chi connectivity index (χ1v) is 18.7. The van der Waals surface area contributed by atoms with Crippen LogP contribution < -0.4 is 4.90 Å². The molecule has 2 aromatic heterocycles. The second-order valence-electron chi connectivity index (χ2n) is 14.1. The summed E-state index contributed by atoms with van der Waals surface area (Å²) in [6.45, 7) is 0. The third-order valence-electron chi connectivity index (χ3n) is 10.9. The van der Waals surface area contributed by atoms with Gasteiger partial charge in [-0.15, -0.1) is 0 Å². The fourth-order valence-corrected chi connectivity index (χ4v) is 8.28. The molecular weight excluding hydrogens is 671 g/mol. The second kappa shape index (κ2) is 12.6. The Morgan fingerprint density at radius 2 is 0.909 bits per heavy atom. The van der Waals surface area contributed by atoms with Crippen molar-refractivity contribution < 1.29 is 8.83 Å². The van der Waals surface area contributed by atoms with Crippen molar-refractivity contribution in [1.82, 2.24) is 0 Å². The van der Waals surface area contributed by atoms with Gasteiger partial charge in [-0.05, 0) is 87.6 Å². The third-order valence-corrected chi connectivity index (χ3v) is 10.9. The minimum atomic E-state index is 0.886. The van der Waals surface area contributed by atoms with E-state index < -0.39 is 0 Å². The Hall–Kier alpha value is -7.36. The van der Waals surface area contributed by atoms with Gasteiger partial charge >= 0.3 is 0 Å². The van der Waals surface area contributed by atoms with Crippen LogP contribution in [0.25, 0.3) is 88.0 Å². The van der Waals surface area contributed by atoms with Crippen molar-refractivity contribution in [2.75, 3.05) is 4.90 Å². The number of fused-ring (bicyclic) bond motifs is 7. The van der Waals surface area contributed by atoms with E-state index in [1.54, 1.807) is 0 Å². The Labute approximate surface area is 317 Å². The third kappa shape index (κ3) is 5.20. The first-order valence-electron chi connectivity index (χ1n) is 18.7. The summed E-state index contributed by atoms with van der Waals surface area (Å²) in [5, 5.41) is 6.95. The molecule has 0 saturated heterocycles. The Morgan fingerprint density at radius 3 is 1.78 bits per heavy atom. The maximum absolute atomic E-state index is 6.59. The molecule has 3 nitrogen and oxygen atoms in total. The molecule has 11 rings (SSSR count). The number of rotatable bonds is 6. The highest BCUT2D eigenvalue weighted by atomic mass is 16.3. The molecule has 0 aliphatic carbocycles. The summed E-state index contributed by atoms with van der Waals surface area (Å²) in [6.07, 6.45) is 0. The van der Waals surface area contributed by atoms with E-state index in [0.29, 0.717) is 0 Å². The minimum absolute atomic E-state index is 0.886. The largest absolute Gasteiger partial charge is 0.456 e. The lowest BCUT2D eigenvalue weighted by Crippen LogP contribution is -2.11. The van der Waals surface area contributed by atoms with Crippen LogP contribution in [0.5, 0.6) is 0 Å². The number of hydrogen-bond donors (Lipinski definition) is 0. The van der Waals surface area contributed by atoms with E-state index in [0.717, 1.165) is 88.8 Å². The molecule has 0 aliphatic heterocycles. The molecule has 258 valence electrons. The number of hydrogen-bond acceptors (Lipinski definition) is 3. The molecule has 0 N–H and O–H groups in total. The molecule has 3 heteroatoms. The number of benzene rings is 9. The average molecular weight is 704 g/mol. The molecule has 0 radical (unpaired) electrons. The zero-order valence-corrected chi connectivity index (χ0v) is 29.8. The quantitative estimate of drug-likeness (QED) is 0.173. The first-order chi connectivity index (χ1) is 27.3. The van der Waals surface area contributed by atoms with Crippen molar-refractivity contribution in [2.45, 2.75) is 0 Å². The van der Waals surface area contributed by atoms with Gasteiger partial charge in [0, 0.05) is 44.0 Å². The molecule has 0 bridgehead atoms. The van der Waals surface area contributed by atoms with E-state index in [-0.39, 0.29) is 0 Å². The second-order valence-corrected chi connectivity index (χ2v) is 14.1. The van der Waals surface area contributed by atoms with Crippen molar-refractivity contribution in [1.29, 1.82) is 0 Å². The molecule has 0 spiro atoms. The zero-order valence-electron chi connectivity index (χ0n) is 29.8. The summed E-state index contributed by atoms with van der Waals surface area (Å²) in [5.41, 5.74) is 13.5. The fraction of sp³-hybridized carbons (Fsp3) is 0. The maximum Gasteiger partial charge on any atom is 0.143 e. The van der Waals surface area contributed by atoms with Gasteiger partial charge in [0.05, 0.1) is 5.69 Å². The molecule has 0 unspecified atom stereocenters. The van der Waals surface area contributed by atoms with Crippen molar-refractivity contribution >= 4 is 71.7 Å². The Morgan fingerprint density at radius 1 is 0.309 bits per heavy atom. The fourth-order valence-electron chi connectivity index (χ4n) is 8.28. The van der Waals surface area contributed by atoms with Gasteiger partial charge in [-0.3, -0.25) is 0 Å². The van der Waals surface area contributed by atoms with Crippen molar-refractivity contribution in [3.8, 4) is 33.4 Å². The summed E-state index contributed by atoms with van der Waals surface area (Å²) in [5.74, 6) is 0. The molecule has 0 atom stereocenters. The van der Waals surface area contributed by atoms with Gasteiger partial charge in [-0.2, -0.15) is 0 Å². The molecule has 55 heavy (non-hydrogen) atoms. The lowest BCUT2D eigenvalue weighted by atomic mass is 9.96. The minimum Gasteiger partial charge on any atom is -0.456 e. The number of nitrogens with zero attached hydrogens (tertiary/aromatic N) is 1. The molecular formula is C52H33NO2. The van der Waals surface area contributed by atoms with Crippen LogP contribution in [0.1, 0.15) is 0 Å². The lowest BCUT2D eigenvalue weighted by molar-refractivity contribution is 0.669. The van der Waals surface area contributed by atoms with Crippen LogP contribution in [0.4, 0.5) is 17.1 Å². The van der Waals surface area contributed by atoms with Crippen LogP contribution >= 0.6 is 0 Å². The number of para-hydroxylation sites is 4. The molecule has 11 aromatic rings. The van der Waals surface area contributed by atoms with Gasteiger partial charge in [0.15, 0.2) is 0 Å². The van der Waals surface area contributed by atoms with Crippen LogP contribution in [0.15, 0.2) is 209 Å². The van der Waals surface area contributed by atoms with E-state index in [4.69, 9.17) is 8.83 Å². The van der Waals surface area contributed by atoms with Gasteiger partial charge in [0.1, 0.15) is 22.3 Å². The Bertz CT molecular complexity index is 3220. The lowest BCUT2D eigenvalue weighted by Gasteiger charge is -2.28. The predicted molar refractivity (Wildman–Crippen MR) is 229 cm³/mol.